The van der Waals surface area contributed by atoms with Gasteiger partial charge in [-0.05, 0) is 37.0 Å². The fraction of sp³-hybridized carbons (Fsp3) is 0.406. The second-order valence-electron chi connectivity index (χ2n) is 11.5. The first-order valence-corrected chi connectivity index (χ1v) is 13.6. The molecule has 4 rings (SSSR count). The number of carboxylic acids is 1. The van der Waals surface area contributed by atoms with Gasteiger partial charge in [0.15, 0.2) is 0 Å². The van der Waals surface area contributed by atoms with Gasteiger partial charge in [-0.2, -0.15) is 0 Å². The summed E-state index contributed by atoms with van der Waals surface area (Å²) in [6.07, 6.45) is -0.370. The molecule has 0 radical (unpaired) electrons. The number of benzene rings is 2. The zero-order chi connectivity index (χ0) is 29.9. The number of carbonyl (C=O) groups excluding carboxylic acids is 1. The average molecular weight is 565 g/mol. The summed E-state index contributed by atoms with van der Waals surface area (Å²) >= 11 is 0. The van der Waals surface area contributed by atoms with Crippen molar-refractivity contribution in [2.24, 2.45) is 11.3 Å². The summed E-state index contributed by atoms with van der Waals surface area (Å²) < 4.78 is 32.2. The first-order chi connectivity index (χ1) is 19.4. The Morgan fingerprint density at radius 1 is 1.07 bits per heavy atom. The Bertz CT molecular complexity index is 1370. The number of rotatable bonds is 8. The van der Waals surface area contributed by atoms with E-state index in [9.17, 15) is 19.1 Å². The van der Waals surface area contributed by atoms with E-state index in [1.807, 2.05) is 51.1 Å². The van der Waals surface area contributed by atoms with Gasteiger partial charge in [0.25, 0.3) is 0 Å². The average Bonchev–Trinajstić information content (AvgIpc) is 3.28. The van der Waals surface area contributed by atoms with Gasteiger partial charge in [-0.1, -0.05) is 69.3 Å². The van der Waals surface area contributed by atoms with Crippen LogP contribution in [0.3, 0.4) is 0 Å². The molecule has 2 heterocycles. The summed E-state index contributed by atoms with van der Waals surface area (Å²) in [7, 11) is 1.49. The Morgan fingerprint density at radius 2 is 1.73 bits per heavy atom. The molecule has 2 aromatic carbocycles. The van der Waals surface area contributed by atoms with Crippen LogP contribution >= 0.6 is 0 Å². The molecule has 1 N–H and O–H groups in total. The number of nitrogens with zero attached hydrogens (tertiary/aromatic N) is 2. The van der Waals surface area contributed by atoms with E-state index in [0.717, 1.165) is 5.56 Å². The molecule has 3 aromatic rings. The maximum absolute atomic E-state index is 14.6. The van der Waals surface area contributed by atoms with E-state index in [0.29, 0.717) is 22.6 Å². The van der Waals surface area contributed by atoms with Gasteiger partial charge >= 0.3 is 12.1 Å². The summed E-state index contributed by atoms with van der Waals surface area (Å²) in [5, 5.41) is 10.5. The molecular formula is C32H37FN2O6. The number of carboxylic acid groups (broad SMARTS) is 1. The van der Waals surface area contributed by atoms with Gasteiger partial charge in [0.05, 0.1) is 32.0 Å². The molecule has 4 atom stereocenters. The van der Waals surface area contributed by atoms with Gasteiger partial charge in [-0.15, -0.1) is 0 Å². The summed E-state index contributed by atoms with van der Waals surface area (Å²) in [6.45, 7) is 9.23. The first kappa shape index (κ1) is 30.0. The number of hydrogen-bond acceptors (Lipinski definition) is 6. The topological polar surface area (TPSA) is 98.2 Å². The van der Waals surface area contributed by atoms with Gasteiger partial charge in [-0.3, -0.25) is 4.90 Å². The Hall–Kier alpha value is -3.98. The van der Waals surface area contributed by atoms with Crippen LogP contribution in [-0.4, -0.2) is 52.4 Å². The fourth-order valence-corrected chi connectivity index (χ4v) is 5.62. The molecule has 1 amide bonds. The smallest absolute Gasteiger partial charge is 0.411 e. The molecule has 0 spiro atoms. The maximum atomic E-state index is 14.6. The Balaban J connectivity index is 1.80. The van der Waals surface area contributed by atoms with Gasteiger partial charge < -0.3 is 19.3 Å². The van der Waals surface area contributed by atoms with Crippen LogP contribution in [-0.2, 0) is 20.9 Å². The number of likely N-dealkylation sites (tertiary alicyclic amines) is 1. The van der Waals surface area contributed by atoms with Crippen molar-refractivity contribution in [1.29, 1.82) is 0 Å². The molecule has 218 valence electrons. The molecule has 1 fully saturated rings. The molecule has 1 saturated heterocycles. The minimum Gasteiger partial charge on any atom is -0.481 e. The van der Waals surface area contributed by atoms with Crippen LogP contribution < -0.4 is 4.74 Å². The number of ether oxygens (including phenoxy) is 3. The standard InChI is InChI=1S/C32H37FN2O6/c1-19(2)41-31(38)35-26(20-12-8-7-9-13-20)28(25(32(3,4)5)27(35)30(36)37)40-18-22-16-21(17-34-29(22)39-6)23-14-10-11-15-24(23)33/h7-17,19,25-28H,18H2,1-6H3,(H,36,37)/t25-,26+,27+,28+/m1/s1. The maximum Gasteiger partial charge on any atom is 0.411 e. The van der Waals surface area contributed by atoms with Gasteiger partial charge in [-0.25, -0.2) is 19.0 Å². The van der Waals surface area contributed by atoms with Gasteiger partial charge in [0.2, 0.25) is 5.88 Å². The minimum atomic E-state index is -1.21. The van der Waals surface area contributed by atoms with Crippen molar-refractivity contribution in [3.8, 4) is 17.0 Å². The number of pyridine rings is 1. The van der Waals surface area contributed by atoms with Crippen molar-refractivity contribution in [2.45, 2.75) is 65.5 Å². The predicted octanol–water partition coefficient (Wildman–Crippen LogP) is 6.50. The Labute approximate surface area is 240 Å². The van der Waals surface area contributed by atoms with Gasteiger partial charge in [0.1, 0.15) is 11.9 Å². The lowest BCUT2D eigenvalue weighted by Gasteiger charge is -2.34. The number of halogens is 1. The third kappa shape index (κ3) is 6.35. The largest absolute Gasteiger partial charge is 0.481 e. The van der Waals surface area contributed by atoms with Crippen LogP contribution in [0.5, 0.6) is 5.88 Å². The Morgan fingerprint density at radius 3 is 2.32 bits per heavy atom. The fourth-order valence-electron chi connectivity index (χ4n) is 5.62. The van der Waals surface area contributed by atoms with E-state index in [-0.39, 0.29) is 12.4 Å². The van der Waals surface area contributed by atoms with Crippen LogP contribution in [0, 0.1) is 17.2 Å². The van der Waals surface area contributed by atoms with Crippen molar-refractivity contribution >= 4 is 12.1 Å². The van der Waals surface area contributed by atoms with E-state index < -0.39 is 47.7 Å². The van der Waals surface area contributed by atoms with Crippen molar-refractivity contribution < 1.29 is 33.3 Å². The van der Waals surface area contributed by atoms with Crippen LogP contribution in [0.2, 0.25) is 0 Å². The van der Waals surface area contributed by atoms with Crippen LogP contribution in [0.1, 0.15) is 51.8 Å². The second-order valence-corrected chi connectivity index (χ2v) is 11.5. The van der Waals surface area contributed by atoms with E-state index in [4.69, 9.17) is 14.2 Å². The van der Waals surface area contributed by atoms with Crippen molar-refractivity contribution in [3.05, 3.63) is 83.8 Å². The van der Waals surface area contributed by atoms with E-state index in [1.54, 1.807) is 38.1 Å². The molecule has 1 aliphatic heterocycles. The van der Waals surface area contributed by atoms with Crippen LogP contribution in [0.15, 0.2) is 66.9 Å². The van der Waals surface area contributed by atoms with Crippen molar-refractivity contribution in [1.82, 2.24) is 9.88 Å². The molecule has 0 bridgehead atoms. The van der Waals surface area contributed by atoms with Crippen molar-refractivity contribution in [3.63, 3.8) is 0 Å². The van der Waals surface area contributed by atoms with Crippen LogP contribution in [0.4, 0.5) is 9.18 Å². The quantitative estimate of drug-likeness (QED) is 0.334. The number of hydrogen-bond donors (Lipinski definition) is 1. The monoisotopic (exact) mass is 564 g/mol. The number of carbonyl (C=O) groups is 2. The number of aliphatic carboxylic acids is 1. The first-order valence-electron chi connectivity index (χ1n) is 13.6. The highest BCUT2D eigenvalue weighted by Crippen LogP contribution is 2.50. The second kappa shape index (κ2) is 12.3. The predicted molar refractivity (Wildman–Crippen MR) is 152 cm³/mol. The minimum absolute atomic E-state index is 0.0154. The van der Waals surface area contributed by atoms with Gasteiger partial charge in [0, 0.05) is 28.8 Å². The molecule has 0 saturated carbocycles. The number of methoxy groups -OCH3 is 1. The number of aromatic nitrogens is 1. The summed E-state index contributed by atoms with van der Waals surface area (Å²) in [4.78, 5) is 32.0. The van der Waals surface area contributed by atoms with Crippen LogP contribution in [0.25, 0.3) is 11.1 Å². The SMILES string of the molecule is COc1ncc(-c2ccccc2F)cc1CO[C@H]1[C@H](C(C)(C)C)[C@@H](C(=O)O)N(C(=O)OC(C)C)[C@H]1c1ccccc1. The van der Waals surface area contributed by atoms with E-state index in [1.165, 1.54) is 24.3 Å². The number of amides is 1. The molecule has 1 aromatic heterocycles. The van der Waals surface area contributed by atoms with E-state index in [2.05, 4.69) is 4.98 Å². The molecule has 9 heteroatoms. The Kier molecular flexibility index (Phi) is 8.97. The lowest BCUT2D eigenvalue weighted by atomic mass is 9.73. The summed E-state index contributed by atoms with van der Waals surface area (Å²) in [5.41, 5.74) is 1.63. The normalized spacial score (nSPS) is 20.7. The van der Waals surface area contributed by atoms with E-state index >= 15 is 0 Å². The lowest BCUT2D eigenvalue weighted by Crippen LogP contribution is -2.47. The molecule has 8 nitrogen and oxygen atoms in total. The highest BCUT2D eigenvalue weighted by molar-refractivity contribution is 5.82. The lowest BCUT2D eigenvalue weighted by molar-refractivity contribution is -0.145. The zero-order valence-corrected chi connectivity index (χ0v) is 24.2. The molecular weight excluding hydrogens is 527 g/mol. The van der Waals surface area contributed by atoms with Crippen molar-refractivity contribution in [2.75, 3.05) is 7.11 Å². The zero-order valence-electron chi connectivity index (χ0n) is 24.2. The molecule has 41 heavy (non-hydrogen) atoms. The molecule has 0 aliphatic carbocycles. The summed E-state index contributed by atoms with van der Waals surface area (Å²) in [5.74, 6) is -1.84. The highest BCUT2D eigenvalue weighted by atomic mass is 19.1. The highest BCUT2D eigenvalue weighted by Gasteiger charge is 2.59. The third-order valence-corrected chi connectivity index (χ3v) is 7.28. The molecule has 1 aliphatic rings. The molecule has 0 unspecified atom stereocenters. The third-order valence-electron chi connectivity index (χ3n) is 7.28. The summed E-state index contributed by atoms with van der Waals surface area (Å²) in [6, 6.07) is 15.4.